The van der Waals surface area contributed by atoms with Crippen molar-refractivity contribution in [3.8, 4) is 17.2 Å². The summed E-state index contributed by atoms with van der Waals surface area (Å²) in [6.07, 6.45) is 1.10. The van der Waals surface area contributed by atoms with Crippen LogP contribution >= 0.6 is 0 Å². The van der Waals surface area contributed by atoms with Gasteiger partial charge in [-0.3, -0.25) is 9.59 Å². The average molecular weight is 527 g/mol. The lowest BCUT2D eigenvalue weighted by Gasteiger charge is -2.30. The van der Waals surface area contributed by atoms with E-state index in [4.69, 9.17) is 14.2 Å². The molecule has 39 heavy (non-hydrogen) atoms. The monoisotopic (exact) mass is 526 g/mol. The van der Waals surface area contributed by atoms with Gasteiger partial charge in [0.15, 0.2) is 17.3 Å². The van der Waals surface area contributed by atoms with E-state index in [0.717, 1.165) is 33.9 Å². The van der Waals surface area contributed by atoms with Crippen molar-refractivity contribution in [1.29, 1.82) is 0 Å². The fourth-order valence-electron chi connectivity index (χ4n) is 5.18. The van der Waals surface area contributed by atoms with E-state index in [2.05, 4.69) is 36.6 Å². The van der Waals surface area contributed by atoms with E-state index in [-0.39, 0.29) is 11.7 Å². The van der Waals surface area contributed by atoms with Gasteiger partial charge in [0, 0.05) is 24.6 Å². The molecule has 2 atom stereocenters. The molecule has 3 aromatic rings. The molecule has 0 aromatic heterocycles. The molecule has 3 aromatic carbocycles. The third-order valence-electron chi connectivity index (χ3n) is 7.02. The Hall–Kier alpha value is -4.26. The topological polar surface area (TPSA) is 85.9 Å². The minimum Gasteiger partial charge on any atom is -0.493 e. The highest BCUT2D eigenvalue weighted by molar-refractivity contribution is 6.01. The van der Waals surface area contributed by atoms with Crippen LogP contribution in [0.2, 0.25) is 0 Å². The van der Waals surface area contributed by atoms with Gasteiger partial charge >= 0.3 is 5.97 Å². The fraction of sp³-hybridized carbons (Fsp3) is 0.312. The van der Waals surface area contributed by atoms with Crippen LogP contribution in [0, 0.1) is 5.92 Å². The second kappa shape index (κ2) is 11.2. The van der Waals surface area contributed by atoms with Crippen LogP contribution in [-0.2, 0) is 9.59 Å². The molecule has 2 N–H and O–H groups in total. The lowest BCUT2D eigenvalue weighted by atomic mass is 9.78. The predicted octanol–water partition coefficient (Wildman–Crippen LogP) is 6.63. The van der Waals surface area contributed by atoms with Crippen LogP contribution in [0.4, 0.5) is 11.4 Å². The number of carbonyl (C=O) groups excluding carboxylic acids is 2. The number of hydrogen-bond donors (Lipinski definition) is 2. The lowest BCUT2D eigenvalue weighted by molar-refractivity contribution is -0.132. The maximum atomic E-state index is 13.8. The van der Waals surface area contributed by atoms with E-state index in [1.807, 2.05) is 48.5 Å². The third kappa shape index (κ3) is 5.77. The number of ether oxygens (including phenoxy) is 3. The summed E-state index contributed by atoms with van der Waals surface area (Å²) in [5.41, 5.74) is 5.39. The molecule has 1 aliphatic carbocycles. The number of hydrogen-bond acceptors (Lipinski definition) is 7. The van der Waals surface area contributed by atoms with Crippen LogP contribution in [0.25, 0.3) is 0 Å². The van der Waals surface area contributed by atoms with Gasteiger partial charge in [0.2, 0.25) is 0 Å². The zero-order valence-electron chi connectivity index (χ0n) is 22.7. The van der Waals surface area contributed by atoms with Crippen LogP contribution < -0.4 is 24.8 Å². The van der Waals surface area contributed by atoms with Gasteiger partial charge < -0.3 is 24.8 Å². The first-order valence-electron chi connectivity index (χ1n) is 13.3. The molecule has 2 unspecified atom stereocenters. The Kier molecular flexibility index (Phi) is 7.59. The summed E-state index contributed by atoms with van der Waals surface area (Å²) in [4.78, 5) is 25.4. The summed E-state index contributed by atoms with van der Waals surface area (Å²) >= 11 is 0. The summed E-state index contributed by atoms with van der Waals surface area (Å²) in [5, 5.41) is 7.15. The van der Waals surface area contributed by atoms with E-state index in [1.54, 1.807) is 6.07 Å². The van der Waals surface area contributed by atoms with Crippen LogP contribution in [0.15, 0.2) is 78.0 Å². The van der Waals surface area contributed by atoms with Crippen molar-refractivity contribution >= 4 is 23.1 Å². The molecular formula is C32H34N2O5. The zero-order valence-corrected chi connectivity index (χ0v) is 22.7. The van der Waals surface area contributed by atoms with Crippen molar-refractivity contribution in [2.45, 2.75) is 45.6 Å². The molecule has 0 spiro atoms. The smallest absolute Gasteiger partial charge is 0.308 e. The van der Waals surface area contributed by atoms with Crippen molar-refractivity contribution < 1.29 is 23.8 Å². The van der Waals surface area contributed by atoms with Crippen molar-refractivity contribution in [1.82, 2.24) is 0 Å². The normalized spacial score (nSPS) is 18.3. The first-order valence-corrected chi connectivity index (χ1v) is 13.3. The van der Waals surface area contributed by atoms with Crippen LogP contribution in [0.5, 0.6) is 17.2 Å². The molecule has 0 saturated carbocycles. The highest BCUT2D eigenvalue weighted by atomic mass is 16.6. The molecule has 0 bridgehead atoms. The zero-order chi connectivity index (χ0) is 27.5. The van der Waals surface area contributed by atoms with E-state index in [9.17, 15) is 9.59 Å². The van der Waals surface area contributed by atoms with Crippen molar-refractivity contribution in [3.63, 3.8) is 0 Å². The van der Waals surface area contributed by atoms with E-state index >= 15 is 0 Å². The summed E-state index contributed by atoms with van der Waals surface area (Å²) in [6, 6.07) is 21.1. The first kappa shape index (κ1) is 26.4. The standard InChI is InChI=1S/C32H34N2O5/c1-19(2)18-38-24-12-9-21(10-13-24)23-15-27-31(28(36)16-23)32(34-26-8-6-5-7-25(26)33-27)22-11-14-29(39-20(3)35)30(17-22)37-4/h5-14,17,19,23,32-34H,15-16,18H2,1-4H3. The van der Waals surface area contributed by atoms with Crippen LogP contribution in [-0.4, -0.2) is 25.5 Å². The number of methoxy groups -OCH3 is 1. The number of para-hydroxylation sites is 2. The summed E-state index contributed by atoms with van der Waals surface area (Å²) in [7, 11) is 1.53. The van der Waals surface area contributed by atoms with Crippen molar-refractivity contribution in [2.24, 2.45) is 5.92 Å². The van der Waals surface area contributed by atoms with E-state index in [1.165, 1.54) is 14.0 Å². The van der Waals surface area contributed by atoms with Gasteiger partial charge in [0.25, 0.3) is 0 Å². The molecule has 0 radical (unpaired) electrons. The molecule has 5 rings (SSSR count). The van der Waals surface area contributed by atoms with Crippen molar-refractivity contribution in [3.05, 3.63) is 89.1 Å². The van der Waals surface area contributed by atoms with Gasteiger partial charge in [-0.15, -0.1) is 0 Å². The minimum atomic E-state index is -0.426. The number of ketones is 1. The SMILES string of the molecule is COc1cc(C2Nc3ccccc3NC3=C2C(=O)CC(c2ccc(OCC(C)C)cc2)C3)ccc1OC(C)=O. The van der Waals surface area contributed by atoms with Gasteiger partial charge in [-0.05, 0) is 65.8 Å². The largest absolute Gasteiger partial charge is 0.493 e. The Labute approximate surface area is 229 Å². The molecule has 0 amide bonds. The molecule has 1 aliphatic heterocycles. The molecule has 1 heterocycles. The van der Waals surface area contributed by atoms with Gasteiger partial charge in [-0.1, -0.05) is 44.2 Å². The number of fused-ring (bicyclic) bond motifs is 1. The molecule has 7 nitrogen and oxygen atoms in total. The van der Waals surface area contributed by atoms with E-state index < -0.39 is 12.0 Å². The minimum absolute atomic E-state index is 0.0506. The Morgan fingerprint density at radius 1 is 0.949 bits per heavy atom. The number of rotatable bonds is 7. The summed E-state index contributed by atoms with van der Waals surface area (Å²) in [5.74, 6) is 1.77. The summed E-state index contributed by atoms with van der Waals surface area (Å²) < 4.78 is 16.7. The molecular weight excluding hydrogens is 492 g/mol. The second-order valence-electron chi connectivity index (χ2n) is 10.4. The number of esters is 1. The molecule has 2 aliphatic rings. The average Bonchev–Trinajstić information content (AvgIpc) is 3.09. The molecule has 7 heteroatoms. The summed E-state index contributed by atoms with van der Waals surface area (Å²) in [6.45, 7) is 6.26. The van der Waals surface area contributed by atoms with Gasteiger partial charge in [0.1, 0.15) is 5.75 Å². The van der Waals surface area contributed by atoms with E-state index in [0.29, 0.717) is 42.4 Å². The predicted molar refractivity (Wildman–Crippen MR) is 152 cm³/mol. The number of anilines is 2. The Bertz CT molecular complexity index is 1410. The van der Waals surface area contributed by atoms with Crippen LogP contribution in [0.3, 0.4) is 0 Å². The third-order valence-corrected chi connectivity index (χ3v) is 7.02. The van der Waals surface area contributed by atoms with Crippen molar-refractivity contribution in [2.75, 3.05) is 24.4 Å². The van der Waals surface area contributed by atoms with Gasteiger partial charge in [-0.25, -0.2) is 0 Å². The second-order valence-corrected chi connectivity index (χ2v) is 10.4. The Morgan fingerprint density at radius 3 is 2.36 bits per heavy atom. The number of allylic oxidation sites excluding steroid dienone is 1. The first-order chi connectivity index (χ1) is 18.8. The van der Waals surface area contributed by atoms with Gasteiger partial charge in [-0.2, -0.15) is 0 Å². The molecule has 202 valence electrons. The maximum Gasteiger partial charge on any atom is 0.308 e. The molecule has 0 saturated heterocycles. The number of carbonyl (C=O) groups is 2. The quantitative estimate of drug-likeness (QED) is 0.264. The van der Waals surface area contributed by atoms with Crippen LogP contribution in [0.1, 0.15) is 56.7 Å². The lowest BCUT2D eigenvalue weighted by Crippen LogP contribution is -2.27. The molecule has 0 fully saturated rings. The number of nitrogens with one attached hydrogen (secondary N) is 2. The Morgan fingerprint density at radius 2 is 1.67 bits per heavy atom. The highest BCUT2D eigenvalue weighted by Gasteiger charge is 2.36. The number of Topliss-reactive ketones (excluding diaryl/α,β-unsaturated/α-hetero) is 1. The maximum absolute atomic E-state index is 13.8. The van der Waals surface area contributed by atoms with Gasteiger partial charge in [0.05, 0.1) is 31.1 Å². The number of benzene rings is 3. The Balaban J connectivity index is 1.50. The highest BCUT2D eigenvalue weighted by Crippen LogP contribution is 2.45. The fourth-order valence-corrected chi connectivity index (χ4v) is 5.18.